The molecule has 0 unspecified atom stereocenters. The monoisotopic (exact) mass is 486 g/mol. The summed E-state index contributed by atoms with van der Waals surface area (Å²) in [4.78, 5) is 27.6. The van der Waals surface area contributed by atoms with Crippen LogP contribution in [0.5, 0.6) is 0 Å². The third-order valence-electron chi connectivity index (χ3n) is 7.11. The van der Waals surface area contributed by atoms with E-state index in [-0.39, 0.29) is 21.6 Å². The van der Waals surface area contributed by atoms with Crippen molar-refractivity contribution in [3.05, 3.63) is 64.2 Å². The number of sulfonamides is 1. The molecule has 1 spiro atoms. The van der Waals surface area contributed by atoms with Gasteiger partial charge in [-0.2, -0.15) is 0 Å². The summed E-state index contributed by atoms with van der Waals surface area (Å²) in [5, 5.41) is 11.8. The van der Waals surface area contributed by atoms with Crippen molar-refractivity contribution in [3.63, 3.8) is 0 Å². The maximum atomic E-state index is 12.7. The summed E-state index contributed by atoms with van der Waals surface area (Å²) in [5.74, 6) is -0.795. The number of nitrogens with zero attached hydrogens (tertiary/aromatic N) is 3. The number of piperidine rings is 1. The highest BCUT2D eigenvalue weighted by atomic mass is 32.2. The molecule has 3 aliphatic heterocycles. The van der Waals surface area contributed by atoms with Crippen molar-refractivity contribution in [2.45, 2.75) is 23.8 Å². The summed E-state index contributed by atoms with van der Waals surface area (Å²) < 4.78 is 32.7. The zero-order valence-corrected chi connectivity index (χ0v) is 19.4. The third-order valence-corrected chi connectivity index (χ3v) is 8.43. The van der Waals surface area contributed by atoms with E-state index in [0.717, 1.165) is 45.2 Å². The van der Waals surface area contributed by atoms with Crippen LogP contribution in [0, 0.1) is 15.5 Å². The summed E-state index contributed by atoms with van der Waals surface area (Å²) in [6.07, 6.45) is 2.07. The number of carbonyl (C=O) groups is 1. The van der Waals surface area contributed by atoms with Crippen molar-refractivity contribution in [2.24, 2.45) is 5.41 Å². The number of nitro groups is 1. The quantitative estimate of drug-likeness (QED) is 0.486. The minimum Gasteiger partial charge on any atom is -0.378 e. The molecule has 0 atom stereocenters. The number of anilines is 1. The number of likely N-dealkylation sites (tertiary alicyclic amines) is 1. The van der Waals surface area contributed by atoms with E-state index in [1.165, 1.54) is 24.3 Å². The first-order valence-electron chi connectivity index (χ1n) is 11.2. The number of rotatable bonds is 6. The van der Waals surface area contributed by atoms with Crippen LogP contribution in [0.1, 0.15) is 23.2 Å². The lowest BCUT2D eigenvalue weighted by Crippen LogP contribution is -2.63. The Morgan fingerprint density at radius 1 is 1.09 bits per heavy atom. The lowest BCUT2D eigenvalue weighted by atomic mass is 9.71. The number of nitrogens with one attached hydrogen (secondary N) is 1. The highest BCUT2D eigenvalue weighted by molar-refractivity contribution is 7.90. The first-order chi connectivity index (χ1) is 16.3. The molecule has 3 fully saturated rings. The van der Waals surface area contributed by atoms with Crippen LogP contribution in [0.3, 0.4) is 0 Å². The van der Waals surface area contributed by atoms with Crippen molar-refractivity contribution >= 4 is 27.3 Å². The number of hydrogen-bond donors (Lipinski definition) is 1. The van der Waals surface area contributed by atoms with E-state index >= 15 is 0 Å². The summed E-state index contributed by atoms with van der Waals surface area (Å²) in [6, 6.07) is 12.2. The zero-order valence-electron chi connectivity index (χ0n) is 18.6. The van der Waals surface area contributed by atoms with Gasteiger partial charge in [-0.1, -0.05) is 18.2 Å². The molecule has 0 bridgehead atoms. The van der Waals surface area contributed by atoms with Gasteiger partial charge in [-0.05, 0) is 50.2 Å². The van der Waals surface area contributed by atoms with Crippen LogP contribution in [0.25, 0.3) is 0 Å². The number of amides is 1. The van der Waals surface area contributed by atoms with Gasteiger partial charge in [0.15, 0.2) is 0 Å². The fourth-order valence-corrected chi connectivity index (χ4v) is 5.95. The Hall–Kier alpha value is -3.02. The van der Waals surface area contributed by atoms with Crippen molar-refractivity contribution < 1.29 is 22.9 Å². The van der Waals surface area contributed by atoms with E-state index in [1.54, 1.807) is 18.2 Å². The van der Waals surface area contributed by atoms with Gasteiger partial charge in [-0.3, -0.25) is 19.8 Å². The molecule has 5 rings (SSSR count). The Kier molecular flexibility index (Phi) is 5.78. The molecule has 3 aliphatic rings. The van der Waals surface area contributed by atoms with E-state index in [2.05, 4.69) is 4.90 Å². The maximum absolute atomic E-state index is 12.7. The van der Waals surface area contributed by atoms with E-state index in [9.17, 15) is 23.3 Å². The number of carbonyl (C=O) groups excluding carboxylic acids is 1. The predicted octanol–water partition coefficient (Wildman–Crippen LogP) is 2.01. The van der Waals surface area contributed by atoms with Crippen molar-refractivity contribution in [3.8, 4) is 0 Å². The molecule has 1 amide bonds. The molecular weight excluding hydrogens is 460 g/mol. The number of nitro benzene ring substituents is 1. The summed E-state index contributed by atoms with van der Waals surface area (Å²) in [5.41, 5.74) is 0.440. The Balaban J connectivity index is 1.28. The van der Waals surface area contributed by atoms with Crippen molar-refractivity contribution in [2.75, 3.05) is 44.3 Å². The molecule has 10 nitrogen and oxygen atoms in total. The minimum atomic E-state index is -4.27. The lowest BCUT2D eigenvalue weighted by molar-refractivity contribution is -0.384. The van der Waals surface area contributed by atoms with E-state index < -0.39 is 20.9 Å². The second-order valence-electron chi connectivity index (χ2n) is 9.29. The first-order valence-corrected chi connectivity index (χ1v) is 12.7. The average Bonchev–Trinajstić information content (AvgIpc) is 2.77. The van der Waals surface area contributed by atoms with Crippen LogP contribution < -0.4 is 9.62 Å². The van der Waals surface area contributed by atoms with Gasteiger partial charge in [0.2, 0.25) is 0 Å². The average molecular weight is 487 g/mol. The zero-order chi connectivity index (χ0) is 23.9. The molecule has 2 aromatic carbocycles. The largest absolute Gasteiger partial charge is 0.378 e. The van der Waals surface area contributed by atoms with Gasteiger partial charge >= 0.3 is 0 Å². The topological polar surface area (TPSA) is 122 Å². The van der Waals surface area contributed by atoms with Gasteiger partial charge in [0, 0.05) is 30.1 Å². The summed E-state index contributed by atoms with van der Waals surface area (Å²) in [6.45, 7) is 5.02. The SMILES string of the molecule is O=C(NS(=O)(=O)c1ccc(N2CC3(CCN(C4COC4)CC3)C2)c([N+](=O)[O-])c1)c1ccccc1. The van der Waals surface area contributed by atoms with Crippen LogP contribution in [0.4, 0.5) is 11.4 Å². The Labute approximate surface area is 197 Å². The van der Waals surface area contributed by atoms with Crippen LogP contribution in [0.2, 0.25) is 0 Å². The van der Waals surface area contributed by atoms with Crippen LogP contribution in [-0.4, -0.2) is 69.6 Å². The predicted molar refractivity (Wildman–Crippen MR) is 124 cm³/mol. The standard InChI is InChI=1S/C23H26N4O6S/c28-22(17-4-2-1-3-5-17)24-34(31,32)19-6-7-20(21(12-19)27(29)30)26-15-23(16-26)8-10-25(11-9-23)18-13-33-14-18/h1-7,12,18H,8-11,13-16H2,(H,24,28). The number of ether oxygens (including phenoxy) is 1. The minimum absolute atomic E-state index is 0.142. The smallest absolute Gasteiger partial charge is 0.293 e. The number of hydrogen-bond acceptors (Lipinski definition) is 8. The molecule has 3 saturated heterocycles. The first kappa shape index (κ1) is 22.8. The molecule has 2 aromatic rings. The van der Waals surface area contributed by atoms with E-state index in [0.29, 0.717) is 24.8 Å². The molecule has 11 heteroatoms. The molecule has 0 aliphatic carbocycles. The maximum Gasteiger partial charge on any atom is 0.293 e. The fraction of sp³-hybridized carbons (Fsp3) is 0.435. The Morgan fingerprint density at radius 2 is 1.76 bits per heavy atom. The van der Waals surface area contributed by atoms with Crippen molar-refractivity contribution in [1.82, 2.24) is 9.62 Å². The highest BCUT2D eigenvalue weighted by Gasteiger charge is 2.47. The van der Waals surface area contributed by atoms with Crippen LogP contribution in [0.15, 0.2) is 53.4 Å². The van der Waals surface area contributed by atoms with Gasteiger partial charge in [-0.25, -0.2) is 13.1 Å². The van der Waals surface area contributed by atoms with Gasteiger partial charge in [0.05, 0.1) is 29.1 Å². The molecule has 0 saturated carbocycles. The third kappa shape index (κ3) is 4.26. The van der Waals surface area contributed by atoms with Gasteiger partial charge < -0.3 is 9.64 Å². The summed E-state index contributed by atoms with van der Waals surface area (Å²) in [7, 11) is -4.27. The summed E-state index contributed by atoms with van der Waals surface area (Å²) >= 11 is 0. The van der Waals surface area contributed by atoms with E-state index in [1.807, 2.05) is 9.62 Å². The molecule has 180 valence electrons. The normalized spacial score (nSPS) is 20.4. The number of benzene rings is 2. The van der Waals surface area contributed by atoms with Gasteiger partial charge in [-0.15, -0.1) is 0 Å². The second kappa shape index (κ2) is 8.64. The Bertz CT molecular complexity index is 1200. The second-order valence-corrected chi connectivity index (χ2v) is 11.0. The molecule has 34 heavy (non-hydrogen) atoms. The molecule has 0 radical (unpaired) electrons. The molecule has 3 heterocycles. The van der Waals surface area contributed by atoms with Crippen LogP contribution in [-0.2, 0) is 14.8 Å². The lowest BCUT2D eigenvalue weighted by Gasteiger charge is -2.56. The van der Waals surface area contributed by atoms with Gasteiger partial charge in [0.1, 0.15) is 5.69 Å². The van der Waals surface area contributed by atoms with E-state index in [4.69, 9.17) is 4.74 Å². The molecule has 1 N–H and O–H groups in total. The Morgan fingerprint density at radius 3 is 2.35 bits per heavy atom. The molecule has 0 aromatic heterocycles. The van der Waals surface area contributed by atoms with Gasteiger partial charge in [0.25, 0.3) is 21.6 Å². The van der Waals surface area contributed by atoms with Crippen molar-refractivity contribution in [1.29, 1.82) is 0 Å². The highest BCUT2D eigenvalue weighted by Crippen LogP contribution is 2.45. The fourth-order valence-electron chi connectivity index (χ4n) is 4.96. The molecular formula is C23H26N4O6S. The van der Waals surface area contributed by atoms with Crippen LogP contribution >= 0.6 is 0 Å².